The molecule has 0 aliphatic carbocycles. The first kappa shape index (κ1) is 18.1. The Bertz CT molecular complexity index is 674. The minimum atomic E-state index is -0.210. The van der Waals surface area contributed by atoms with E-state index in [1.807, 2.05) is 45.9 Å². The van der Waals surface area contributed by atoms with Crippen LogP contribution in [0.4, 0.5) is 0 Å². The predicted octanol–water partition coefficient (Wildman–Crippen LogP) is 3.19. The van der Waals surface area contributed by atoms with Crippen LogP contribution < -0.4 is 5.32 Å². The second-order valence-corrected chi connectivity index (χ2v) is 6.53. The van der Waals surface area contributed by atoms with Gasteiger partial charge in [0.15, 0.2) is 5.82 Å². The lowest BCUT2D eigenvalue weighted by Gasteiger charge is -2.11. The number of ether oxygens (including phenoxy) is 1. The SMILES string of the molecule is CCOCCCNC(=O)c1ccccc1-c1nc(C(C)(C)C)no1. The van der Waals surface area contributed by atoms with Gasteiger partial charge < -0.3 is 14.6 Å². The highest BCUT2D eigenvalue weighted by atomic mass is 16.5. The lowest BCUT2D eigenvalue weighted by molar-refractivity contribution is 0.0944. The molecule has 6 nitrogen and oxygen atoms in total. The summed E-state index contributed by atoms with van der Waals surface area (Å²) in [7, 11) is 0. The zero-order chi connectivity index (χ0) is 17.6. The highest BCUT2D eigenvalue weighted by Crippen LogP contribution is 2.26. The molecule has 0 radical (unpaired) electrons. The number of carbonyl (C=O) groups excluding carboxylic acids is 1. The number of carbonyl (C=O) groups is 1. The minimum absolute atomic E-state index is 0.155. The van der Waals surface area contributed by atoms with Crippen LogP contribution in [0.1, 0.15) is 50.3 Å². The fraction of sp³-hybridized carbons (Fsp3) is 0.500. The van der Waals surface area contributed by atoms with Crippen LogP contribution in [0.3, 0.4) is 0 Å². The Labute approximate surface area is 142 Å². The van der Waals surface area contributed by atoms with Crippen LogP contribution in [0.25, 0.3) is 11.5 Å². The predicted molar refractivity (Wildman–Crippen MR) is 91.9 cm³/mol. The lowest BCUT2D eigenvalue weighted by atomic mass is 9.96. The van der Waals surface area contributed by atoms with Gasteiger partial charge in [-0.2, -0.15) is 4.98 Å². The number of aromatic nitrogens is 2. The second-order valence-electron chi connectivity index (χ2n) is 6.53. The van der Waals surface area contributed by atoms with Crippen LogP contribution in [0.15, 0.2) is 28.8 Å². The molecule has 1 N–H and O–H groups in total. The van der Waals surface area contributed by atoms with Crippen molar-refractivity contribution >= 4 is 5.91 Å². The van der Waals surface area contributed by atoms with Gasteiger partial charge in [0.2, 0.25) is 0 Å². The van der Waals surface area contributed by atoms with Crippen molar-refractivity contribution in [1.82, 2.24) is 15.5 Å². The molecule has 2 rings (SSSR count). The standard InChI is InChI=1S/C18H25N3O3/c1-5-23-12-8-11-19-15(22)13-9-6-7-10-14(13)16-20-17(21-24-16)18(2,3)4/h6-7,9-10H,5,8,11-12H2,1-4H3,(H,19,22). The van der Waals surface area contributed by atoms with E-state index in [0.29, 0.717) is 42.6 Å². The van der Waals surface area contributed by atoms with Gasteiger partial charge in [-0.15, -0.1) is 0 Å². The lowest BCUT2D eigenvalue weighted by Crippen LogP contribution is -2.25. The number of rotatable bonds is 7. The molecule has 130 valence electrons. The maximum Gasteiger partial charge on any atom is 0.258 e. The summed E-state index contributed by atoms with van der Waals surface area (Å²) in [5.74, 6) is 0.821. The molecule has 1 aromatic carbocycles. The second kappa shape index (κ2) is 8.06. The molecule has 0 aliphatic rings. The Morgan fingerprint density at radius 2 is 2.04 bits per heavy atom. The van der Waals surface area contributed by atoms with Crippen LogP contribution >= 0.6 is 0 Å². The molecule has 24 heavy (non-hydrogen) atoms. The van der Waals surface area contributed by atoms with Crippen LogP contribution in [0.5, 0.6) is 0 Å². The molecule has 0 spiro atoms. The molecule has 1 aromatic heterocycles. The highest BCUT2D eigenvalue weighted by molar-refractivity contribution is 5.99. The average molecular weight is 331 g/mol. The third-order valence-corrected chi connectivity index (χ3v) is 3.45. The normalized spacial score (nSPS) is 11.5. The van der Waals surface area contributed by atoms with Crippen LogP contribution in [0.2, 0.25) is 0 Å². The molecule has 6 heteroatoms. The number of benzene rings is 1. The summed E-state index contributed by atoms with van der Waals surface area (Å²) in [6, 6.07) is 7.24. The van der Waals surface area contributed by atoms with E-state index in [2.05, 4.69) is 15.5 Å². The molecule has 1 amide bonds. The van der Waals surface area contributed by atoms with Crippen molar-refractivity contribution < 1.29 is 14.1 Å². The van der Waals surface area contributed by atoms with Gasteiger partial charge in [0, 0.05) is 25.2 Å². The summed E-state index contributed by atoms with van der Waals surface area (Å²) in [5, 5.41) is 6.92. The van der Waals surface area contributed by atoms with Gasteiger partial charge in [0.05, 0.1) is 11.1 Å². The summed E-state index contributed by atoms with van der Waals surface area (Å²) in [4.78, 5) is 16.9. The fourth-order valence-corrected chi connectivity index (χ4v) is 2.12. The molecule has 0 saturated carbocycles. The summed E-state index contributed by atoms with van der Waals surface area (Å²) < 4.78 is 10.6. The summed E-state index contributed by atoms with van der Waals surface area (Å²) in [6.07, 6.45) is 0.774. The average Bonchev–Trinajstić information content (AvgIpc) is 3.04. The smallest absolute Gasteiger partial charge is 0.258 e. The summed E-state index contributed by atoms with van der Waals surface area (Å²) in [6.45, 7) is 9.87. The fourth-order valence-electron chi connectivity index (χ4n) is 2.12. The first-order valence-corrected chi connectivity index (χ1v) is 8.23. The van der Waals surface area contributed by atoms with E-state index in [1.54, 1.807) is 6.07 Å². The van der Waals surface area contributed by atoms with Crippen LogP contribution in [-0.4, -0.2) is 35.8 Å². The highest BCUT2D eigenvalue weighted by Gasteiger charge is 2.23. The number of amides is 1. The Balaban J connectivity index is 2.12. The van der Waals surface area contributed by atoms with Crippen molar-refractivity contribution in [3.05, 3.63) is 35.7 Å². The number of nitrogens with one attached hydrogen (secondary N) is 1. The maximum absolute atomic E-state index is 12.4. The van der Waals surface area contributed by atoms with Crippen molar-refractivity contribution in [3.63, 3.8) is 0 Å². The number of hydrogen-bond acceptors (Lipinski definition) is 5. The zero-order valence-corrected chi connectivity index (χ0v) is 14.8. The van der Waals surface area contributed by atoms with Crippen molar-refractivity contribution in [1.29, 1.82) is 0 Å². The van der Waals surface area contributed by atoms with E-state index >= 15 is 0 Å². The Morgan fingerprint density at radius 1 is 1.29 bits per heavy atom. The minimum Gasteiger partial charge on any atom is -0.382 e. The van der Waals surface area contributed by atoms with Gasteiger partial charge in [-0.05, 0) is 25.5 Å². The van der Waals surface area contributed by atoms with E-state index in [4.69, 9.17) is 9.26 Å². The largest absolute Gasteiger partial charge is 0.382 e. The zero-order valence-electron chi connectivity index (χ0n) is 14.8. The van der Waals surface area contributed by atoms with Crippen molar-refractivity contribution in [2.75, 3.05) is 19.8 Å². The Hall–Kier alpha value is -2.21. The Kier molecular flexibility index (Phi) is 6.09. The van der Waals surface area contributed by atoms with E-state index in [-0.39, 0.29) is 11.3 Å². The topological polar surface area (TPSA) is 77.2 Å². The van der Waals surface area contributed by atoms with E-state index in [0.717, 1.165) is 6.42 Å². The number of nitrogens with zero attached hydrogens (tertiary/aromatic N) is 2. The van der Waals surface area contributed by atoms with Gasteiger partial charge in [-0.25, -0.2) is 0 Å². The molecule has 0 bridgehead atoms. The molecule has 0 aliphatic heterocycles. The monoisotopic (exact) mass is 331 g/mol. The van der Waals surface area contributed by atoms with Crippen molar-refractivity contribution in [3.8, 4) is 11.5 Å². The summed E-state index contributed by atoms with van der Waals surface area (Å²) in [5.41, 5.74) is 0.957. The van der Waals surface area contributed by atoms with Gasteiger partial charge in [0.1, 0.15) is 0 Å². The van der Waals surface area contributed by atoms with E-state index in [1.165, 1.54) is 0 Å². The molecular formula is C18H25N3O3. The molecule has 0 unspecified atom stereocenters. The van der Waals surface area contributed by atoms with E-state index in [9.17, 15) is 4.79 Å². The van der Waals surface area contributed by atoms with Crippen LogP contribution in [-0.2, 0) is 10.2 Å². The third kappa shape index (κ3) is 4.64. The first-order valence-electron chi connectivity index (χ1n) is 8.23. The number of hydrogen-bond donors (Lipinski definition) is 1. The van der Waals surface area contributed by atoms with Crippen molar-refractivity contribution in [2.45, 2.75) is 39.5 Å². The maximum atomic E-state index is 12.4. The summed E-state index contributed by atoms with van der Waals surface area (Å²) >= 11 is 0. The molecule has 0 saturated heterocycles. The first-order chi connectivity index (χ1) is 11.4. The molecule has 0 atom stereocenters. The molecule has 1 heterocycles. The Morgan fingerprint density at radius 3 is 2.71 bits per heavy atom. The van der Waals surface area contributed by atoms with Gasteiger partial charge in [0.25, 0.3) is 11.8 Å². The van der Waals surface area contributed by atoms with Gasteiger partial charge in [-0.1, -0.05) is 38.1 Å². The van der Waals surface area contributed by atoms with Crippen LogP contribution in [0, 0.1) is 0 Å². The van der Waals surface area contributed by atoms with Gasteiger partial charge in [-0.3, -0.25) is 4.79 Å². The van der Waals surface area contributed by atoms with E-state index < -0.39 is 0 Å². The quantitative estimate of drug-likeness (QED) is 0.788. The van der Waals surface area contributed by atoms with Crippen molar-refractivity contribution in [2.24, 2.45) is 0 Å². The van der Waals surface area contributed by atoms with Gasteiger partial charge >= 0.3 is 0 Å². The molecular weight excluding hydrogens is 306 g/mol. The third-order valence-electron chi connectivity index (χ3n) is 3.45. The molecule has 0 fully saturated rings. The molecule has 2 aromatic rings.